The Bertz CT molecular complexity index is 425. The molecular weight excluding hydrogens is 220 g/mol. The number of hydrogen-bond donors (Lipinski definition) is 1. The van der Waals surface area contributed by atoms with E-state index in [0.717, 1.165) is 12.8 Å². The first-order chi connectivity index (χ1) is 8.14. The fraction of sp³-hybridized carbons (Fsp3) is 0.615. The molecule has 2 aliphatic carbocycles. The average molecular weight is 236 g/mol. The third-order valence-corrected chi connectivity index (χ3v) is 4.30. The highest BCUT2D eigenvalue weighted by Crippen LogP contribution is 2.60. The quantitative estimate of drug-likeness (QED) is 0.548. The first-order valence-corrected chi connectivity index (χ1v) is 5.97. The van der Waals surface area contributed by atoms with Gasteiger partial charge in [-0.3, -0.25) is 0 Å². The van der Waals surface area contributed by atoms with Crippen LogP contribution in [0.15, 0.2) is 23.8 Å². The van der Waals surface area contributed by atoms with Crippen LogP contribution in [-0.4, -0.2) is 30.6 Å². The van der Waals surface area contributed by atoms with E-state index >= 15 is 0 Å². The summed E-state index contributed by atoms with van der Waals surface area (Å²) >= 11 is 0. The fourth-order valence-corrected chi connectivity index (χ4v) is 3.47. The van der Waals surface area contributed by atoms with Crippen molar-refractivity contribution in [3.63, 3.8) is 0 Å². The van der Waals surface area contributed by atoms with Gasteiger partial charge in [0.1, 0.15) is 0 Å². The van der Waals surface area contributed by atoms with E-state index in [9.17, 15) is 9.90 Å². The summed E-state index contributed by atoms with van der Waals surface area (Å²) in [7, 11) is 1.37. The Kier molecular flexibility index (Phi) is 2.22. The van der Waals surface area contributed by atoms with Gasteiger partial charge in [0, 0.05) is 17.9 Å². The third-order valence-electron chi connectivity index (χ3n) is 4.30. The highest BCUT2D eigenvalue weighted by molar-refractivity contribution is 5.91. The summed E-state index contributed by atoms with van der Waals surface area (Å²) in [6, 6.07) is 0. The number of allylic oxidation sites excluding steroid dienone is 2. The van der Waals surface area contributed by atoms with Crippen molar-refractivity contribution in [2.75, 3.05) is 13.7 Å². The molecule has 1 fully saturated rings. The van der Waals surface area contributed by atoms with Gasteiger partial charge < -0.3 is 14.6 Å². The first kappa shape index (κ1) is 11.0. The third kappa shape index (κ3) is 1.17. The second kappa shape index (κ2) is 3.43. The van der Waals surface area contributed by atoms with Gasteiger partial charge in [-0.1, -0.05) is 18.2 Å². The second-order valence-corrected chi connectivity index (χ2v) is 4.95. The lowest BCUT2D eigenvalue weighted by Gasteiger charge is -2.42. The van der Waals surface area contributed by atoms with Gasteiger partial charge in [-0.2, -0.15) is 0 Å². The number of carbonyl (C=O) groups excluding carboxylic acids is 1. The minimum Gasteiger partial charge on any atom is -0.466 e. The van der Waals surface area contributed by atoms with Crippen LogP contribution in [0.2, 0.25) is 0 Å². The summed E-state index contributed by atoms with van der Waals surface area (Å²) in [5.41, 5.74) is -0.126. The first-order valence-electron chi connectivity index (χ1n) is 5.97. The molecule has 0 radical (unpaired) electrons. The number of hydrogen-bond acceptors (Lipinski definition) is 4. The zero-order valence-corrected chi connectivity index (χ0v) is 9.81. The van der Waals surface area contributed by atoms with Crippen molar-refractivity contribution >= 4 is 5.97 Å². The molecule has 0 aromatic heterocycles. The number of carbonyl (C=O) groups is 1. The Morgan fingerprint density at radius 3 is 3.24 bits per heavy atom. The van der Waals surface area contributed by atoms with Gasteiger partial charge in [-0.15, -0.1) is 0 Å². The molecule has 1 N–H and O–H groups in total. The van der Waals surface area contributed by atoms with E-state index in [4.69, 9.17) is 9.47 Å². The van der Waals surface area contributed by atoms with E-state index in [-0.39, 0.29) is 11.9 Å². The maximum atomic E-state index is 11.9. The maximum absolute atomic E-state index is 11.9. The van der Waals surface area contributed by atoms with Crippen molar-refractivity contribution in [3.8, 4) is 0 Å². The summed E-state index contributed by atoms with van der Waals surface area (Å²) in [5, 5.41) is 10.7. The summed E-state index contributed by atoms with van der Waals surface area (Å²) in [6.07, 6.45) is 7.94. The molecule has 3 rings (SSSR count). The van der Waals surface area contributed by atoms with Gasteiger partial charge >= 0.3 is 5.97 Å². The summed E-state index contributed by atoms with van der Waals surface area (Å²) in [6.45, 7) is 0.498. The van der Waals surface area contributed by atoms with Crippen molar-refractivity contribution in [2.45, 2.75) is 25.0 Å². The van der Waals surface area contributed by atoms with Crippen molar-refractivity contribution in [3.05, 3.63) is 23.8 Å². The Balaban J connectivity index is 2.12. The van der Waals surface area contributed by atoms with Crippen LogP contribution in [0.25, 0.3) is 0 Å². The smallest absolute Gasteiger partial charge is 0.334 e. The highest BCUT2D eigenvalue weighted by atomic mass is 16.6. The number of ether oxygens (including phenoxy) is 2. The predicted octanol–water partition coefficient (Wildman–Crippen LogP) is 1.16. The zero-order chi connectivity index (χ0) is 12.1. The second-order valence-electron chi connectivity index (χ2n) is 4.95. The van der Waals surface area contributed by atoms with E-state index in [0.29, 0.717) is 18.6 Å². The number of esters is 1. The molecule has 1 aliphatic heterocycles. The molecule has 4 nitrogen and oxygen atoms in total. The van der Waals surface area contributed by atoms with Crippen LogP contribution < -0.4 is 0 Å². The molecule has 4 heteroatoms. The molecule has 1 spiro atoms. The van der Waals surface area contributed by atoms with Gasteiger partial charge in [0.05, 0.1) is 19.1 Å². The molecular formula is C13H16O4. The summed E-state index contributed by atoms with van der Waals surface area (Å²) in [4.78, 5) is 11.9. The monoisotopic (exact) mass is 236 g/mol. The van der Waals surface area contributed by atoms with Crippen LogP contribution >= 0.6 is 0 Å². The van der Waals surface area contributed by atoms with Crippen molar-refractivity contribution < 1.29 is 19.4 Å². The molecule has 0 saturated carbocycles. The number of methoxy groups -OCH3 is 1. The van der Waals surface area contributed by atoms with E-state index < -0.39 is 11.2 Å². The van der Waals surface area contributed by atoms with E-state index in [1.807, 2.05) is 18.2 Å². The Morgan fingerprint density at radius 1 is 1.65 bits per heavy atom. The molecule has 3 aliphatic rings. The van der Waals surface area contributed by atoms with Crippen molar-refractivity contribution in [1.29, 1.82) is 0 Å². The van der Waals surface area contributed by atoms with Crippen LogP contribution in [-0.2, 0) is 14.3 Å². The lowest BCUT2D eigenvalue weighted by Crippen LogP contribution is -2.49. The number of aliphatic hydroxyl groups is 1. The molecule has 0 aromatic rings. The molecule has 3 atom stereocenters. The molecule has 0 aromatic carbocycles. The molecule has 0 amide bonds. The molecule has 0 bridgehead atoms. The standard InChI is InChI=1S/C13H16O4/c1-16-11(14)10-5-4-9-8-17-13(15)7-3-2-6-12(9,10)13/h2,5-6,9,15H,3-4,7-8H2,1H3/t9-,12+,13-/m1/s1. The van der Waals surface area contributed by atoms with Crippen molar-refractivity contribution in [2.24, 2.45) is 11.3 Å². The summed E-state index contributed by atoms with van der Waals surface area (Å²) < 4.78 is 10.4. The Labute approximate surface area is 99.9 Å². The number of rotatable bonds is 1. The van der Waals surface area contributed by atoms with Crippen molar-refractivity contribution in [1.82, 2.24) is 0 Å². The van der Waals surface area contributed by atoms with Gasteiger partial charge in [0.25, 0.3) is 0 Å². The van der Waals surface area contributed by atoms with Gasteiger partial charge in [-0.25, -0.2) is 4.79 Å². The minimum atomic E-state index is -1.23. The highest BCUT2D eigenvalue weighted by Gasteiger charge is 2.65. The Morgan fingerprint density at radius 2 is 2.47 bits per heavy atom. The van der Waals surface area contributed by atoms with Crippen LogP contribution in [0, 0.1) is 11.3 Å². The van der Waals surface area contributed by atoms with Crippen LogP contribution in [0.5, 0.6) is 0 Å². The van der Waals surface area contributed by atoms with Crippen LogP contribution in [0.3, 0.4) is 0 Å². The fourth-order valence-electron chi connectivity index (χ4n) is 3.47. The van der Waals surface area contributed by atoms with Gasteiger partial charge in [0.15, 0.2) is 5.79 Å². The average Bonchev–Trinajstić information content (AvgIpc) is 2.82. The Hall–Kier alpha value is -1.13. The lowest BCUT2D eigenvalue weighted by atomic mass is 9.65. The van der Waals surface area contributed by atoms with E-state index in [1.54, 1.807) is 0 Å². The van der Waals surface area contributed by atoms with Crippen LogP contribution in [0.4, 0.5) is 0 Å². The molecule has 1 saturated heterocycles. The molecule has 92 valence electrons. The maximum Gasteiger partial charge on any atom is 0.334 e. The largest absolute Gasteiger partial charge is 0.466 e. The van der Waals surface area contributed by atoms with Crippen LogP contribution in [0.1, 0.15) is 19.3 Å². The molecule has 0 unspecified atom stereocenters. The SMILES string of the molecule is COC(=O)C1=CC[C@@H]2CO[C@]3(O)CCC=C[C@@]123. The predicted molar refractivity (Wildman–Crippen MR) is 59.9 cm³/mol. The van der Waals surface area contributed by atoms with Gasteiger partial charge in [-0.05, 0) is 12.8 Å². The lowest BCUT2D eigenvalue weighted by molar-refractivity contribution is -0.214. The van der Waals surface area contributed by atoms with E-state index in [1.165, 1.54) is 7.11 Å². The normalized spacial score (nSPS) is 42.9. The summed E-state index contributed by atoms with van der Waals surface area (Å²) in [5.74, 6) is -1.44. The van der Waals surface area contributed by atoms with E-state index in [2.05, 4.69) is 0 Å². The molecule has 17 heavy (non-hydrogen) atoms. The molecule has 1 heterocycles. The zero-order valence-electron chi connectivity index (χ0n) is 9.81. The van der Waals surface area contributed by atoms with Gasteiger partial charge in [0.2, 0.25) is 0 Å². The topological polar surface area (TPSA) is 55.8 Å². The minimum absolute atomic E-state index is 0.151.